The van der Waals surface area contributed by atoms with E-state index in [1.807, 2.05) is 24.3 Å². The van der Waals surface area contributed by atoms with Crippen molar-refractivity contribution in [3.63, 3.8) is 0 Å². The normalized spacial score (nSPS) is 16.9. The molecule has 0 aliphatic carbocycles. The first-order valence-electron chi connectivity index (χ1n) is 8.09. The molecule has 2 unspecified atom stereocenters. The third kappa shape index (κ3) is 4.39. The molecule has 4 nitrogen and oxygen atoms in total. The highest BCUT2D eigenvalue weighted by Crippen LogP contribution is 2.36. The van der Waals surface area contributed by atoms with Crippen LogP contribution in [0.5, 0.6) is 0 Å². The average molecular weight is 358 g/mol. The molecule has 3 rings (SSSR count). The zero-order valence-electron chi connectivity index (χ0n) is 13.6. The summed E-state index contributed by atoms with van der Waals surface area (Å²) in [6.07, 6.45) is 1.06. The van der Waals surface area contributed by atoms with Gasteiger partial charge in [0.2, 0.25) is 11.8 Å². The van der Waals surface area contributed by atoms with E-state index in [1.165, 1.54) is 17.7 Å². The monoisotopic (exact) mass is 358 g/mol. The predicted octanol–water partition coefficient (Wildman–Crippen LogP) is 2.30. The zero-order valence-corrected chi connectivity index (χ0v) is 14.4. The Morgan fingerprint density at radius 1 is 1.20 bits per heavy atom. The minimum atomic E-state index is -0.525. The molecule has 2 aromatic carbocycles. The maximum atomic E-state index is 13.0. The molecule has 0 saturated heterocycles. The van der Waals surface area contributed by atoms with Gasteiger partial charge in [-0.3, -0.25) is 9.59 Å². The summed E-state index contributed by atoms with van der Waals surface area (Å²) in [5.41, 5.74) is 7.43. The number of thioether (sulfide) groups is 1. The Bertz CT molecular complexity index is 754. The van der Waals surface area contributed by atoms with Crippen molar-refractivity contribution in [1.29, 1.82) is 0 Å². The molecule has 3 N–H and O–H groups in total. The van der Waals surface area contributed by atoms with Crippen LogP contribution in [0.4, 0.5) is 4.39 Å². The number of amides is 2. The average Bonchev–Trinajstić information content (AvgIpc) is 3.04. The first kappa shape index (κ1) is 17.5. The van der Waals surface area contributed by atoms with Crippen LogP contribution in [0.1, 0.15) is 11.1 Å². The fraction of sp³-hybridized carbons (Fsp3) is 0.263. The second-order valence-corrected chi connectivity index (χ2v) is 7.34. The molecule has 0 saturated carbocycles. The van der Waals surface area contributed by atoms with Gasteiger partial charge in [-0.25, -0.2) is 4.39 Å². The smallest absolute Gasteiger partial charge is 0.233 e. The van der Waals surface area contributed by atoms with Crippen molar-refractivity contribution < 1.29 is 14.0 Å². The molecule has 6 heteroatoms. The predicted molar refractivity (Wildman–Crippen MR) is 95.6 cm³/mol. The number of rotatable bonds is 6. The quantitative estimate of drug-likeness (QED) is 0.832. The standard InChI is InChI=1S/C19H19FN2O2S/c20-15-7-5-12(6-8-15)9-14(18(21)23)11-22-19(24)17-10-13-3-1-2-4-16(13)25-17/h1-8,14,17H,9-11H2,(H2,21,23)(H,22,24). The Morgan fingerprint density at radius 2 is 1.92 bits per heavy atom. The fourth-order valence-corrected chi connectivity index (χ4v) is 4.06. The molecular formula is C19H19FN2O2S. The van der Waals surface area contributed by atoms with Crippen molar-refractivity contribution in [2.24, 2.45) is 11.7 Å². The molecule has 0 spiro atoms. The molecule has 2 atom stereocenters. The summed E-state index contributed by atoms with van der Waals surface area (Å²) in [6.45, 7) is 0.180. The van der Waals surface area contributed by atoms with Gasteiger partial charge in [-0.15, -0.1) is 11.8 Å². The van der Waals surface area contributed by atoms with Gasteiger partial charge in [0, 0.05) is 11.4 Å². The highest BCUT2D eigenvalue weighted by atomic mass is 32.2. The number of fused-ring (bicyclic) bond motifs is 1. The van der Waals surface area contributed by atoms with Gasteiger partial charge in [0.15, 0.2) is 0 Å². The molecule has 2 aromatic rings. The Hall–Kier alpha value is -2.34. The largest absolute Gasteiger partial charge is 0.369 e. The summed E-state index contributed by atoms with van der Waals surface area (Å²) in [5.74, 6) is -1.42. The zero-order chi connectivity index (χ0) is 17.8. The van der Waals surface area contributed by atoms with E-state index in [4.69, 9.17) is 5.73 Å². The van der Waals surface area contributed by atoms with Gasteiger partial charge < -0.3 is 11.1 Å². The van der Waals surface area contributed by atoms with Crippen molar-refractivity contribution in [2.45, 2.75) is 23.0 Å². The van der Waals surface area contributed by atoms with Crippen molar-refractivity contribution in [3.05, 3.63) is 65.5 Å². The van der Waals surface area contributed by atoms with Crippen LogP contribution in [0, 0.1) is 11.7 Å². The molecule has 0 aromatic heterocycles. The first-order chi connectivity index (χ1) is 12.0. The van der Waals surface area contributed by atoms with Crippen LogP contribution in [0.25, 0.3) is 0 Å². The van der Waals surface area contributed by atoms with Crippen LogP contribution in [0.15, 0.2) is 53.4 Å². The van der Waals surface area contributed by atoms with Crippen LogP contribution in [0.3, 0.4) is 0 Å². The van der Waals surface area contributed by atoms with E-state index in [-0.39, 0.29) is 23.5 Å². The molecule has 130 valence electrons. The molecular weight excluding hydrogens is 339 g/mol. The number of primary amides is 1. The van der Waals surface area contributed by atoms with Gasteiger partial charge in [0.25, 0.3) is 0 Å². The van der Waals surface area contributed by atoms with Crippen LogP contribution in [0.2, 0.25) is 0 Å². The molecule has 0 radical (unpaired) electrons. The minimum absolute atomic E-state index is 0.0912. The van der Waals surface area contributed by atoms with Crippen LogP contribution >= 0.6 is 11.8 Å². The highest BCUT2D eigenvalue weighted by Gasteiger charge is 2.28. The van der Waals surface area contributed by atoms with E-state index in [2.05, 4.69) is 5.32 Å². The van der Waals surface area contributed by atoms with Crippen molar-refractivity contribution in [1.82, 2.24) is 5.32 Å². The van der Waals surface area contributed by atoms with Crippen molar-refractivity contribution in [3.8, 4) is 0 Å². The number of halogens is 1. The number of carbonyl (C=O) groups excluding carboxylic acids is 2. The van der Waals surface area contributed by atoms with Gasteiger partial charge in [-0.2, -0.15) is 0 Å². The summed E-state index contributed by atoms with van der Waals surface area (Å²) in [4.78, 5) is 25.2. The second-order valence-electron chi connectivity index (χ2n) is 6.09. The van der Waals surface area contributed by atoms with Gasteiger partial charge in [0.05, 0.1) is 11.2 Å². The maximum absolute atomic E-state index is 13.0. The maximum Gasteiger partial charge on any atom is 0.233 e. The van der Waals surface area contributed by atoms with E-state index < -0.39 is 11.8 Å². The summed E-state index contributed by atoms with van der Waals surface area (Å²) in [5, 5.41) is 2.65. The molecule has 1 aliphatic heterocycles. The van der Waals surface area contributed by atoms with Gasteiger partial charge in [-0.05, 0) is 42.2 Å². The van der Waals surface area contributed by atoms with Crippen LogP contribution in [-0.4, -0.2) is 23.6 Å². The molecule has 0 bridgehead atoms. The lowest BCUT2D eigenvalue weighted by Crippen LogP contribution is -2.40. The topological polar surface area (TPSA) is 72.2 Å². The third-order valence-electron chi connectivity index (χ3n) is 4.26. The Morgan fingerprint density at radius 3 is 2.60 bits per heavy atom. The number of nitrogens with one attached hydrogen (secondary N) is 1. The Labute approximate surface area is 150 Å². The Kier molecular flexibility index (Phi) is 5.38. The lowest BCUT2D eigenvalue weighted by Gasteiger charge is -2.16. The molecule has 2 amide bonds. The molecule has 1 heterocycles. The van der Waals surface area contributed by atoms with Crippen LogP contribution in [-0.2, 0) is 22.4 Å². The Balaban J connectivity index is 1.56. The number of hydrogen-bond acceptors (Lipinski definition) is 3. The first-order valence-corrected chi connectivity index (χ1v) is 8.97. The van der Waals surface area contributed by atoms with Crippen LogP contribution < -0.4 is 11.1 Å². The second kappa shape index (κ2) is 7.70. The van der Waals surface area contributed by atoms with E-state index in [1.54, 1.807) is 23.9 Å². The fourth-order valence-electron chi connectivity index (χ4n) is 2.84. The minimum Gasteiger partial charge on any atom is -0.369 e. The van der Waals surface area contributed by atoms with E-state index in [0.717, 1.165) is 10.5 Å². The highest BCUT2D eigenvalue weighted by molar-refractivity contribution is 8.01. The molecule has 0 fully saturated rings. The third-order valence-corrected chi connectivity index (χ3v) is 5.58. The molecule has 25 heavy (non-hydrogen) atoms. The summed E-state index contributed by atoms with van der Waals surface area (Å²) in [7, 11) is 0. The lowest BCUT2D eigenvalue weighted by atomic mass is 9.98. The van der Waals surface area contributed by atoms with Gasteiger partial charge in [0.1, 0.15) is 5.82 Å². The number of carbonyl (C=O) groups is 2. The van der Waals surface area contributed by atoms with E-state index in [0.29, 0.717) is 12.8 Å². The summed E-state index contributed by atoms with van der Waals surface area (Å²) < 4.78 is 13.0. The summed E-state index contributed by atoms with van der Waals surface area (Å²) >= 11 is 1.54. The lowest BCUT2D eigenvalue weighted by molar-refractivity contribution is -0.123. The van der Waals surface area contributed by atoms with Gasteiger partial charge in [-0.1, -0.05) is 30.3 Å². The molecule has 1 aliphatic rings. The summed E-state index contributed by atoms with van der Waals surface area (Å²) in [6, 6.07) is 13.9. The number of benzene rings is 2. The van der Waals surface area contributed by atoms with E-state index in [9.17, 15) is 14.0 Å². The van der Waals surface area contributed by atoms with Crippen molar-refractivity contribution >= 4 is 23.6 Å². The van der Waals surface area contributed by atoms with E-state index >= 15 is 0 Å². The van der Waals surface area contributed by atoms with Crippen molar-refractivity contribution in [2.75, 3.05) is 6.54 Å². The SMILES string of the molecule is NC(=O)C(CNC(=O)C1Cc2ccccc2S1)Cc1ccc(F)cc1. The van der Waals surface area contributed by atoms with Gasteiger partial charge >= 0.3 is 0 Å². The number of nitrogens with two attached hydrogens (primary N) is 1. The number of hydrogen-bond donors (Lipinski definition) is 2.